The normalized spacial score (nSPS) is 16.0. The van der Waals surface area contributed by atoms with Gasteiger partial charge < -0.3 is 20.4 Å². The van der Waals surface area contributed by atoms with Crippen LogP contribution >= 0.6 is 0 Å². The highest BCUT2D eigenvalue weighted by molar-refractivity contribution is 6.35. The Hall–Kier alpha value is -3.61. The highest BCUT2D eigenvalue weighted by atomic mass is 16.5. The van der Waals surface area contributed by atoms with Crippen molar-refractivity contribution in [2.75, 3.05) is 23.8 Å². The van der Waals surface area contributed by atoms with Gasteiger partial charge in [0.1, 0.15) is 18.1 Å². The van der Waals surface area contributed by atoms with Crippen molar-refractivity contribution >= 4 is 28.9 Å². The fourth-order valence-corrected chi connectivity index (χ4v) is 4.00. The summed E-state index contributed by atoms with van der Waals surface area (Å²) in [4.78, 5) is 25.0. The van der Waals surface area contributed by atoms with Gasteiger partial charge in [0.05, 0.1) is 17.0 Å². The molecule has 0 aliphatic carbocycles. The van der Waals surface area contributed by atoms with E-state index in [4.69, 9.17) is 4.74 Å². The van der Waals surface area contributed by atoms with Crippen LogP contribution in [0.3, 0.4) is 0 Å². The molecule has 0 saturated carbocycles. The van der Waals surface area contributed by atoms with Crippen LogP contribution in [0.25, 0.3) is 22.8 Å². The van der Waals surface area contributed by atoms with E-state index in [2.05, 4.69) is 32.5 Å². The predicted molar refractivity (Wildman–Crippen MR) is 118 cm³/mol. The minimum absolute atomic E-state index is 0.107. The molecular weight excluding hydrogens is 378 g/mol. The number of aromatic nitrogens is 3. The summed E-state index contributed by atoms with van der Waals surface area (Å²) in [6.45, 7) is 7.44. The standard InChI is InChI=1S/C23H23N5O2/c1-4-20-26-13(3)19(27-20)10-16-15-9-14(5-6-18(15)28-22(16)29)17-11-25-23-21(12(17)2)24-7-8-30-23/h5-6,9-11,24H,4,7-8H2,1-3H3,(H,26,27)(H,28,29). The number of carbonyl (C=O) groups excluding carboxylic acids is 1. The second-order valence-electron chi connectivity index (χ2n) is 7.56. The maximum absolute atomic E-state index is 12.7. The molecule has 0 bridgehead atoms. The molecular formula is C23H23N5O2. The van der Waals surface area contributed by atoms with Crippen LogP contribution in [0.2, 0.25) is 0 Å². The molecule has 2 aliphatic rings. The van der Waals surface area contributed by atoms with Crippen molar-refractivity contribution < 1.29 is 9.53 Å². The summed E-state index contributed by atoms with van der Waals surface area (Å²) in [5.74, 6) is 1.45. The first kappa shape index (κ1) is 18.4. The molecule has 2 aromatic heterocycles. The third-order valence-corrected chi connectivity index (χ3v) is 5.65. The smallest absolute Gasteiger partial charge is 0.256 e. The molecule has 4 heterocycles. The van der Waals surface area contributed by atoms with E-state index in [0.29, 0.717) is 18.1 Å². The first-order valence-electron chi connectivity index (χ1n) is 10.1. The first-order valence-corrected chi connectivity index (χ1v) is 10.1. The van der Waals surface area contributed by atoms with Crippen molar-refractivity contribution in [1.82, 2.24) is 15.0 Å². The number of aryl methyl sites for hydroxylation is 2. The van der Waals surface area contributed by atoms with Gasteiger partial charge in [-0.1, -0.05) is 13.0 Å². The van der Waals surface area contributed by atoms with Crippen molar-refractivity contribution in [1.29, 1.82) is 0 Å². The molecule has 5 rings (SSSR count). The number of ether oxygens (including phenoxy) is 1. The number of fused-ring (bicyclic) bond motifs is 2. The Labute approximate surface area is 174 Å². The minimum atomic E-state index is -0.107. The maximum atomic E-state index is 12.7. The van der Waals surface area contributed by atoms with Crippen LogP contribution in [-0.4, -0.2) is 34.0 Å². The Kier molecular flexibility index (Phi) is 4.31. The van der Waals surface area contributed by atoms with Crippen LogP contribution in [0.1, 0.15) is 35.3 Å². The molecule has 0 radical (unpaired) electrons. The van der Waals surface area contributed by atoms with Gasteiger partial charge in [-0.3, -0.25) is 4.79 Å². The van der Waals surface area contributed by atoms with Crippen LogP contribution in [0.4, 0.5) is 11.4 Å². The summed E-state index contributed by atoms with van der Waals surface area (Å²) in [5, 5.41) is 6.34. The molecule has 0 unspecified atom stereocenters. The second-order valence-corrected chi connectivity index (χ2v) is 7.56. The average Bonchev–Trinajstić information content (AvgIpc) is 3.27. The number of amides is 1. The van der Waals surface area contributed by atoms with Gasteiger partial charge in [0.2, 0.25) is 5.88 Å². The van der Waals surface area contributed by atoms with Crippen LogP contribution in [-0.2, 0) is 11.2 Å². The summed E-state index contributed by atoms with van der Waals surface area (Å²) >= 11 is 0. The maximum Gasteiger partial charge on any atom is 0.256 e. The van der Waals surface area contributed by atoms with E-state index in [1.165, 1.54) is 0 Å². The molecule has 7 nitrogen and oxygen atoms in total. The predicted octanol–water partition coefficient (Wildman–Crippen LogP) is 3.95. The quantitative estimate of drug-likeness (QED) is 0.578. The van der Waals surface area contributed by atoms with E-state index < -0.39 is 0 Å². The summed E-state index contributed by atoms with van der Waals surface area (Å²) in [5.41, 5.74) is 8.11. The molecule has 3 N–H and O–H groups in total. The number of anilines is 2. The molecule has 0 atom stereocenters. The van der Waals surface area contributed by atoms with Crippen molar-refractivity contribution in [3.8, 4) is 17.0 Å². The highest BCUT2D eigenvalue weighted by Gasteiger charge is 2.26. The lowest BCUT2D eigenvalue weighted by molar-refractivity contribution is -0.110. The zero-order valence-corrected chi connectivity index (χ0v) is 17.2. The zero-order valence-electron chi connectivity index (χ0n) is 17.2. The van der Waals surface area contributed by atoms with E-state index in [-0.39, 0.29) is 5.91 Å². The fraction of sp³-hybridized carbons (Fsp3) is 0.261. The number of nitrogens with zero attached hydrogens (tertiary/aromatic N) is 2. The number of H-pyrrole nitrogens is 1. The van der Waals surface area contributed by atoms with Crippen LogP contribution < -0.4 is 15.4 Å². The summed E-state index contributed by atoms with van der Waals surface area (Å²) < 4.78 is 5.64. The molecule has 2 aliphatic heterocycles. The Morgan fingerprint density at radius 3 is 2.90 bits per heavy atom. The van der Waals surface area contributed by atoms with Crippen molar-refractivity contribution in [3.63, 3.8) is 0 Å². The number of nitrogens with one attached hydrogen (secondary N) is 3. The lowest BCUT2D eigenvalue weighted by Gasteiger charge is -2.21. The zero-order chi connectivity index (χ0) is 20.8. The Morgan fingerprint density at radius 1 is 1.23 bits per heavy atom. The lowest BCUT2D eigenvalue weighted by atomic mass is 9.96. The molecule has 1 amide bonds. The van der Waals surface area contributed by atoms with Crippen molar-refractivity contribution in [3.05, 3.63) is 52.7 Å². The molecule has 1 aromatic carbocycles. The highest BCUT2D eigenvalue weighted by Crippen LogP contribution is 2.39. The molecule has 0 fully saturated rings. The summed E-state index contributed by atoms with van der Waals surface area (Å²) in [7, 11) is 0. The monoisotopic (exact) mass is 401 g/mol. The van der Waals surface area contributed by atoms with E-state index in [0.717, 1.165) is 63.8 Å². The van der Waals surface area contributed by atoms with Gasteiger partial charge in [0.25, 0.3) is 5.91 Å². The SMILES string of the molecule is CCc1nc(C)c(C=C2C(=O)Nc3ccc(-c4cnc5c(c4C)NCCO5)cc32)[nH]1. The number of aromatic amines is 1. The number of imidazole rings is 1. The van der Waals surface area contributed by atoms with E-state index in [1.807, 2.05) is 44.3 Å². The number of rotatable bonds is 3. The van der Waals surface area contributed by atoms with Crippen molar-refractivity contribution in [2.45, 2.75) is 27.2 Å². The Morgan fingerprint density at radius 2 is 2.10 bits per heavy atom. The fourth-order valence-electron chi connectivity index (χ4n) is 4.00. The van der Waals surface area contributed by atoms with Gasteiger partial charge in [-0.25, -0.2) is 9.97 Å². The Balaban J connectivity index is 1.59. The molecule has 7 heteroatoms. The van der Waals surface area contributed by atoms with E-state index in [1.54, 1.807) is 0 Å². The summed E-state index contributed by atoms with van der Waals surface area (Å²) in [6.07, 6.45) is 4.54. The van der Waals surface area contributed by atoms with Crippen LogP contribution in [0, 0.1) is 13.8 Å². The third kappa shape index (κ3) is 2.94. The molecule has 3 aromatic rings. The number of hydrogen-bond acceptors (Lipinski definition) is 5. The molecule has 0 spiro atoms. The Bertz CT molecular complexity index is 1210. The largest absolute Gasteiger partial charge is 0.474 e. The molecule has 0 saturated heterocycles. The van der Waals surface area contributed by atoms with Gasteiger partial charge in [-0.05, 0) is 43.2 Å². The number of hydrogen-bond donors (Lipinski definition) is 3. The molecule has 30 heavy (non-hydrogen) atoms. The van der Waals surface area contributed by atoms with Gasteiger partial charge >= 0.3 is 0 Å². The lowest BCUT2D eigenvalue weighted by Crippen LogP contribution is -2.20. The second kappa shape index (κ2) is 7.02. The van der Waals surface area contributed by atoms with E-state index in [9.17, 15) is 4.79 Å². The number of pyridine rings is 1. The molecule has 152 valence electrons. The van der Waals surface area contributed by atoms with Gasteiger partial charge in [0.15, 0.2) is 0 Å². The first-order chi connectivity index (χ1) is 14.5. The van der Waals surface area contributed by atoms with Crippen LogP contribution in [0.15, 0.2) is 24.4 Å². The minimum Gasteiger partial charge on any atom is -0.474 e. The van der Waals surface area contributed by atoms with Gasteiger partial charge in [-0.15, -0.1) is 0 Å². The summed E-state index contributed by atoms with van der Waals surface area (Å²) in [6, 6.07) is 6.01. The number of benzene rings is 1. The van der Waals surface area contributed by atoms with E-state index >= 15 is 0 Å². The average molecular weight is 401 g/mol. The van der Waals surface area contributed by atoms with Crippen molar-refractivity contribution in [2.24, 2.45) is 0 Å². The van der Waals surface area contributed by atoms with Gasteiger partial charge in [0, 0.05) is 36.0 Å². The van der Waals surface area contributed by atoms with Crippen LogP contribution in [0.5, 0.6) is 5.88 Å². The third-order valence-electron chi connectivity index (χ3n) is 5.65. The van der Waals surface area contributed by atoms with Gasteiger partial charge in [-0.2, -0.15) is 0 Å². The number of carbonyl (C=O) groups is 1. The topological polar surface area (TPSA) is 91.9 Å².